The number of likely N-dealkylation sites (N-methyl/N-ethyl adjacent to an activating group) is 2. The number of benzene rings is 2. The van der Waals surface area contributed by atoms with Crippen LogP contribution in [0.3, 0.4) is 0 Å². The zero-order valence-electron chi connectivity index (χ0n) is 23.3. The predicted octanol–water partition coefficient (Wildman–Crippen LogP) is 4.41. The van der Waals surface area contributed by atoms with E-state index >= 15 is 0 Å². The number of nitrogens with zero attached hydrogens (tertiary/aromatic N) is 5. The van der Waals surface area contributed by atoms with E-state index in [1.165, 1.54) is 6.08 Å². The summed E-state index contributed by atoms with van der Waals surface area (Å²) in [6, 6.07) is 13.7. The molecule has 1 atom stereocenters. The van der Waals surface area contributed by atoms with Gasteiger partial charge in [-0.25, -0.2) is 9.97 Å². The van der Waals surface area contributed by atoms with Gasteiger partial charge in [0.2, 0.25) is 11.9 Å². The minimum Gasteiger partial charge on any atom is -0.494 e. The first-order valence-electron chi connectivity index (χ1n) is 13.2. The molecule has 2 aromatic carbocycles. The number of aromatic nitrogens is 3. The van der Waals surface area contributed by atoms with Crippen LogP contribution < -0.4 is 20.3 Å². The Bertz CT molecular complexity index is 1560. The predicted molar refractivity (Wildman–Crippen MR) is 159 cm³/mol. The molecule has 1 aliphatic rings. The summed E-state index contributed by atoms with van der Waals surface area (Å²) >= 11 is 0. The number of carbonyl (C=O) groups is 1. The fraction of sp³-hybridized carbons (Fsp3) is 0.300. The second-order valence-electron chi connectivity index (χ2n) is 10.1. The minimum absolute atomic E-state index is 0.315. The average Bonchev–Trinajstić information content (AvgIpc) is 3.49. The fourth-order valence-electron chi connectivity index (χ4n) is 5.15. The van der Waals surface area contributed by atoms with Crippen LogP contribution in [0, 0.1) is 0 Å². The lowest BCUT2D eigenvalue weighted by molar-refractivity contribution is -0.111. The molecule has 1 amide bonds. The van der Waals surface area contributed by atoms with Crippen molar-refractivity contribution in [1.82, 2.24) is 19.4 Å². The van der Waals surface area contributed by atoms with Gasteiger partial charge in [-0.2, -0.15) is 0 Å². The van der Waals surface area contributed by atoms with Gasteiger partial charge < -0.3 is 34.8 Å². The maximum atomic E-state index is 12.3. The Kier molecular flexibility index (Phi) is 7.72. The second kappa shape index (κ2) is 11.4. The van der Waals surface area contributed by atoms with E-state index in [1.807, 2.05) is 51.5 Å². The lowest BCUT2D eigenvalue weighted by Gasteiger charge is -2.26. The summed E-state index contributed by atoms with van der Waals surface area (Å²) in [6.45, 7) is 5.93. The molecule has 0 bridgehead atoms. The first kappa shape index (κ1) is 27.2. The maximum absolute atomic E-state index is 12.3. The number of methoxy groups -OCH3 is 1. The Morgan fingerprint density at radius 1 is 1.20 bits per heavy atom. The van der Waals surface area contributed by atoms with E-state index in [0.29, 0.717) is 35.2 Å². The van der Waals surface area contributed by atoms with Crippen molar-refractivity contribution < 1.29 is 14.6 Å². The number of hydrogen-bond acceptors (Lipinski definition) is 8. The Morgan fingerprint density at radius 2 is 2.00 bits per heavy atom. The van der Waals surface area contributed by atoms with Gasteiger partial charge in [0.25, 0.3) is 0 Å². The van der Waals surface area contributed by atoms with E-state index in [1.54, 1.807) is 13.3 Å². The lowest BCUT2D eigenvalue weighted by atomic mass is 10.0. The number of carbonyl (C=O) groups excluding carboxylic acids is 1. The zero-order chi connectivity index (χ0) is 28.4. The molecule has 0 spiro atoms. The summed E-state index contributed by atoms with van der Waals surface area (Å²) < 4.78 is 7.90. The van der Waals surface area contributed by atoms with E-state index in [0.717, 1.165) is 47.5 Å². The van der Waals surface area contributed by atoms with Crippen LogP contribution >= 0.6 is 0 Å². The molecule has 1 aliphatic heterocycles. The zero-order valence-corrected chi connectivity index (χ0v) is 23.3. The first-order chi connectivity index (χ1) is 19.3. The van der Waals surface area contributed by atoms with Gasteiger partial charge in [-0.3, -0.25) is 4.79 Å². The SMILES string of the molecule is C=CC(=O)Nc1cc(Nc2nccc(-c3c4n(c5ccccc35)CCC4O)n2)c(OC)cc1N(C)CCN(C)C. The molecular formula is C30H35N7O3. The normalized spacial score (nSPS) is 14.3. The number of rotatable bonds is 10. The highest BCUT2D eigenvalue weighted by Crippen LogP contribution is 2.43. The number of ether oxygens (including phenoxy) is 1. The topological polar surface area (TPSA) is 108 Å². The van der Waals surface area contributed by atoms with Gasteiger partial charge in [-0.05, 0) is 44.8 Å². The van der Waals surface area contributed by atoms with Gasteiger partial charge in [0.1, 0.15) is 5.75 Å². The molecule has 10 heteroatoms. The molecule has 0 saturated heterocycles. The fourth-order valence-corrected chi connectivity index (χ4v) is 5.15. The number of anilines is 4. The molecule has 0 aliphatic carbocycles. The molecule has 40 heavy (non-hydrogen) atoms. The van der Waals surface area contributed by atoms with Crippen molar-refractivity contribution in [3.63, 3.8) is 0 Å². The Balaban J connectivity index is 1.54. The number of fused-ring (bicyclic) bond motifs is 3. The quantitative estimate of drug-likeness (QED) is 0.254. The van der Waals surface area contributed by atoms with Crippen LogP contribution in [0.2, 0.25) is 0 Å². The number of nitrogens with one attached hydrogen (secondary N) is 2. The van der Waals surface area contributed by atoms with E-state index in [4.69, 9.17) is 9.72 Å². The second-order valence-corrected chi connectivity index (χ2v) is 10.1. The molecule has 10 nitrogen and oxygen atoms in total. The van der Waals surface area contributed by atoms with Crippen molar-refractivity contribution in [2.75, 3.05) is 56.9 Å². The summed E-state index contributed by atoms with van der Waals surface area (Å²) in [5, 5.41) is 18.0. The summed E-state index contributed by atoms with van der Waals surface area (Å²) in [7, 11) is 7.60. The van der Waals surface area contributed by atoms with Gasteiger partial charge >= 0.3 is 0 Å². The monoisotopic (exact) mass is 541 g/mol. The molecule has 0 saturated carbocycles. The number of aliphatic hydroxyl groups is 1. The van der Waals surface area contributed by atoms with Crippen molar-refractivity contribution in [3.8, 4) is 17.0 Å². The number of amides is 1. The third-order valence-corrected chi connectivity index (χ3v) is 7.17. The Morgan fingerprint density at radius 3 is 2.75 bits per heavy atom. The summed E-state index contributed by atoms with van der Waals surface area (Å²) in [4.78, 5) is 25.8. The van der Waals surface area contributed by atoms with Gasteiger partial charge in [0.15, 0.2) is 0 Å². The Hall–Kier alpha value is -4.41. The lowest BCUT2D eigenvalue weighted by Crippen LogP contribution is -2.29. The van der Waals surface area contributed by atoms with Crippen LogP contribution in [-0.4, -0.2) is 71.8 Å². The molecule has 2 aromatic heterocycles. The van der Waals surface area contributed by atoms with Crippen molar-refractivity contribution in [2.45, 2.75) is 19.1 Å². The molecule has 0 radical (unpaired) electrons. The van der Waals surface area contributed by atoms with Gasteiger partial charge in [0.05, 0.1) is 41.7 Å². The largest absolute Gasteiger partial charge is 0.494 e. The molecule has 0 fully saturated rings. The third kappa shape index (κ3) is 5.23. The van der Waals surface area contributed by atoms with E-state index in [9.17, 15) is 9.90 Å². The Labute approximate surface area is 233 Å². The van der Waals surface area contributed by atoms with Gasteiger partial charge in [-0.15, -0.1) is 0 Å². The number of hydrogen-bond donors (Lipinski definition) is 3. The van der Waals surface area contributed by atoms with Crippen LogP contribution in [0.1, 0.15) is 18.2 Å². The van der Waals surface area contributed by atoms with Crippen LogP contribution in [0.15, 0.2) is 61.3 Å². The molecule has 5 rings (SSSR count). The third-order valence-electron chi connectivity index (χ3n) is 7.17. The molecule has 3 heterocycles. The van der Waals surface area contributed by atoms with E-state index in [2.05, 4.69) is 48.7 Å². The highest BCUT2D eigenvalue weighted by atomic mass is 16.5. The molecule has 1 unspecified atom stereocenters. The minimum atomic E-state index is -0.554. The highest BCUT2D eigenvalue weighted by Gasteiger charge is 2.29. The number of aliphatic hydroxyl groups excluding tert-OH is 1. The van der Waals surface area contributed by atoms with Crippen LogP contribution in [-0.2, 0) is 11.3 Å². The van der Waals surface area contributed by atoms with E-state index in [-0.39, 0.29) is 5.91 Å². The molecule has 4 aromatic rings. The number of aryl methyl sites for hydroxylation is 1. The first-order valence-corrected chi connectivity index (χ1v) is 13.2. The average molecular weight is 542 g/mol. The molecule has 3 N–H and O–H groups in total. The van der Waals surface area contributed by atoms with E-state index < -0.39 is 6.10 Å². The molecular weight excluding hydrogens is 506 g/mol. The van der Waals surface area contributed by atoms with Crippen molar-refractivity contribution in [2.24, 2.45) is 0 Å². The maximum Gasteiger partial charge on any atom is 0.247 e. The van der Waals surface area contributed by atoms with Gasteiger partial charge in [0, 0.05) is 55.4 Å². The summed E-state index contributed by atoms with van der Waals surface area (Å²) in [6.07, 6.45) is 3.06. The molecule has 208 valence electrons. The standard InChI is InChI=1S/C30H35N7O3/c1-6-27(39)32-21-17-22(26(40-5)18-24(21)36(4)16-15-35(2)3)34-30-31-13-11-20(33-30)28-19-9-7-8-10-23(19)37-14-12-25(38)29(28)37/h6-11,13,17-18,25,38H,1,12,14-16H2,2-5H3,(H,32,39)(H,31,33,34). The van der Waals surface area contributed by atoms with Crippen LogP contribution in [0.25, 0.3) is 22.2 Å². The van der Waals surface area contributed by atoms with Crippen LogP contribution in [0.4, 0.5) is 23.0 Å². The van der Waals surface area contributed by atoms with Crippen LogP contribution in [0.5, 0.6) is 5.75 Å². The highest BCUT2D eigenvalue weighted by molar-refractivity contribution is 6.02. The smallest absolute Gasteiger partial charge is 0.247 e. The summed E-state index contributed by atoms with van der Waals surface area (Å²) in [5.41, 5.74) is 5.58. The van der Waals surface area contributed by atoms with Gasteiger partial charge in [-0.1, -0.05) is 24.8 Å². The van der Waals surface area contributed by atoms with Crippen molar-refractivity contribution >= 4 is 39.8 Å². The van der Waals surface area contributed by atoms with Crippen molar-refractivity contribution in [1.29, 1.82) is 0 Å². The summed E-state index contributed by atoms with van der Waals surface area (Å²) in [5.74, 6) is 0.620. The number of para-hydroxylation sites is 1. The van der Waals surface area contributed by atoms with Crippen molar-refractivity contribution in [3.05, 3.63) is 67.0 Å².